The third kappa shape index (κ3) is 6.20. The first-order valence-corrected chi connectivity index (χ1v) is 13.4. The summed E-state index contributed by atoms with van der Waals surface area (Å²) in [5.41, 5.74) is 4.20. The van der Waals surface area contributed by atoms with Crippen molar-refractivity contribution in [1.82, 2.24) is 5.01 Å². The van der Waals surface area contributed by atoms with E-state index < -0.39 is 12.6 Å². The third-order valence-electron chi connectivity index (χ3n) is 6.89. The lowest BCUT2D eigenvalue weighted by Gasteiger charge is -2.29. The number of para-hydroxylation sites is 2. The summed E-state index contributed by atoms with van der Waals surface area (Å²) in [5, 5.41) is 6.35. The van der Waals surface area contributed by atoms with Crippen molar-refractivity contribution < 1.29 is 23.8 Å². The van der Waals surface area contributed by atoms with Crippen molar-refractivity contribution >= 4 is 23.7 Å². The van der Waals surface area contributed by atoms with Crippen LogP contribution in [0.5, 0.6) is 11.5 Å². The minimum atomic E-state index is -0.639. The van der Waals surface area contributed by atoms with Gasteiger partial charge in [-0.1, -0.05) is 72.8 Å². The lowest BCUT2D eigenvalue weighted by Crippen LogP contribution is -2.35. The van der Waals surface area contributed by atoms with Gasteiger partial charge in [0.2, 0.25) is 0 Å². The number of esters is 1. The Morgan fingerprint density at radius 1 is 0.897 bits per heavy atom. The van der Waals surface area contributed by atoms with Crippen LogP contribution in [0.4, 0.5) is 0 Å². The Kier molecular flexibility index (Phi) is 8.36. The van der Waals surface area contributed by atoms with E-state index in [1.54, 1.807) is 18.2 Å². The fourth-order valence-electron chi connectivity index (χ4n) is 5.17. The summed E-state index contributed by atoms with van der Waals surface area (Å²) < 4.78 is 16.4. The van der Waals surface area contributed by atoms with E-state index in [0.717, 1.165) is 41.7 Å². The van der Waals surface area contributed by atoms with E-state index in [2.05, 4.69) is 18.2 Å². The minimum Gasteiger partial charge on any atom is -0.490 e. The predicted molar refractivity (Wildman–Crippen MR) is 149 cm³/mol. The van der Waals surface area contributed by atoms with Crippen LogP contribution in [0, 0.1) is 5.92 Å². The van der Waals surface area contributed by atoms with Crippen molar-refractivity contribution in [2.24, 2.45) is 11.0 Å². The van der Waals surface area contributed by atoms with Gasteiger partial charge in [0.15, 0.2) is 24.7 Å². The molecule has 0 radical (unpaired) electrons. The van der Waals surface area contributed by atoms with Crippen molar-refractivity contribution in [2.45, 2.75) is 32.2 Å². The van der Waals surface area contributed by atoms with Crippen LogP contribution in [0.1, 0.15) is 43.4 Å². The number of carbonyl (C=O) groups excluding carboxylic acids is 2. The number of fused-ring (bicyclic) bond motifs is 1. The van der Waals surface area contributed by atoms with E-state index in [-0.39, 0.29) is 24.5 Å². The molecule has 200 valence electrons. The molecule has 5 rings (SSSR count). The quantitative estimate of drug-likeness (QED) is 0.329. The van der Waals surface area contributed by atoms with E-state index in [1.165, 1.54) is 5.01 Å². The maximum Gasteiger partial charge on any atom is 0.344 e. The lowest BCUT2D eigenvalue weighted by molar-refractivity contribution is -0.154. The molecule has 0 spiro atoms. The summed E-state index contributed by atoms with van der Waals surface area (Å²) in [6, 6.07) is 27.0. The van der Waals surface area contributed by atoms with Crippen LogP contribution in [0.25, 0.3) is 6.08 Å². The molecule has 2 aliphatic rings. The van der Waals surface area contributed by atoms with Crippen LogP contribution in [0.2, 0.25) is 0 Å². The van der Waals surface area contributed by atoms with Crippen molar-refractivity contribution in [3.05, 3.63) is 102 Å². The van der Waals surface area contributed by atoms with Gasteiger partial charge in [-0.25, -0.2) is 9.80 Å². The van der Waals surface area contributed by atoms with Gasteiger partial charge in [0.1, 0.15) is 0 Å². The molecule has 1 aliphatic heterocycles. The first-order chi connectivity index (χ1) is 19.1. The number of nitrogens with zero attached hydrogens (tertiary/aromatic N) is 2. The Hall–Kier alpha value is -4.39. The zero-order chi connectivity index (χ0) is 27.0. The van der Waals surface area contributed by atoms with Gasteiger partial charge in [-0.05, 0) is 61.1 Å². The molecule has 0 saturated heterocycles. The molecular formula is C32H32N2O5. The Morgan fingerprint density at radius 3 is 2.28 bits per heavy atom. The molecule has 3 aromatic rings. The van der Waals surface area contributed by atoms with Crippen LogP contribution in [-0.4, -0.2) is 42.4 Å². The molecule has 0 bridgehead atoms. The second-order valence-electron chi connectivity index (χ2n) is 9.49. The maximum absolute atomic E-state index is 13.4. The van der Waals surface area contributed by atoms with E-state index in [0.29, 0.717) is 18.1 Å². The number of hydrogen-bond donors (Lipinski definition) is 0. The summed E-state index contributed by atoms with van der Waals surface area (Å²) in [6.45, 7) is 1.60. The van der Waals surface area contributed by atoms with Crippen molar-refractivity contribution in [3.8, 4) is 11.5 Å². The van der Waals surface area contributed by atoms with Crippen LogP contribution in [0.3, 0.4) is 0 Å². The second-order valence-corrected chi connectivity index (χ2v) is 9.49. The largest absolute Gasteiger partial charge is 0.490 e. The molecule has 3 aromatic carbocycles. The normalized spacial score (nSPS) is 19.3. The number of hydrazone groups is 1. The summed E-state index contributed by atoms with van der Waals surface area (Å²) in [4.78, 5) is 25.9. The minimum absolute atomic E-state index is 0.0779. The molecule has 1 heterocycles. The van der Waals surface area contributed by atoms with Crippen LogP contribution >= 0.6 is 0 Å². The Bertz CT molecular complexity index is 1350. The Balaban J connectivity index is 1.30. The number of carbonyl (C=O) groups is 2. The number of benzene rings is 3. The average molecular weight is 525 g/mol. The van der Waals surface area contributed by atoms with E-state index >= 15 is 0 Å². The van der Waals surface area contributed by atoms with E-state index in [1.807, 2.05) is 61.5 Å². The molecule has 1 saturated carbocycles. The maximum atomic E-state index is 13.4. The predicted octanol–water partition coefficient (Wildman–Crippen LogP) is 5.83. The van der Waals surface area contributed by atoms with Crippen LogP contribution < -0.4 is 9.47 Å². The molecule has 0 aromatic heterocycles. The summed E-state index contributed by atoms with van der Waals surface area (Å²) >= 11 is 0. The zero-order valence-corrected chi connectivity index (χ0v) is 22.0. The van der Waals surface area contributed by atoms with Gasteiger partial charge >= 0.3 is 5.97 Å². The van der Waals surface area contributed by atoms with Crippen LogP contribution in [0.15, 0.2) is 95.6 Å². The smallest absolute Gasteiger partial charge is 0.344 e. The molecule has 2 unspecified atom stereocenters. The fourth-order valence-corrected chi connectivity index (χ4v) is 5.17. The van der Waals surface area contributed by atoms with Crippen molar-refractivity contribution in [1.29, 1.82) is 0 Å². The molecular weight excluding hydrogens is 492 g/mol. The summed E-state index contributed by atoms with van der Waals surface area (Å²) in [5.74, 6) is 0.0610. The molecule has 39 heavy (non-hydrogen) atoms. The molecule has 7 heteroatoms. The lowest BCUT2D eigenvalue weighted by atomic mass is 9.77. The summed E-state index contributed by atoms with van der Waals surface area (Å²) in [7, 11) is 0. The van der Waals surface area contributed by atoms with Gasteiger partial charge in [-0.2, -0.15) is 5.10 Å². The molecule has 7 nitrogen and oxygen atoms in total. The molecule has 1 amide bonds. The standard InChI is InChI=1S/C32H32N2O5/c1-2-37-27-18-9-10-19-28(27)38-22-30(36)39-21-29(35)34-32(24-14-7-4-8-15-24)26-17-11-16-25(31(26)33-34)20-23-12-5-3-6-13-23/h3-10,12-15,18-20,26,32H,2,11,16-17,21-22H2,1H3/b25-20-. The molecule has 0 N–H and O–H groups in total. The zero-order valence-electron chi connectivity index (χ0n) is 22.0. The monoisotopic (exact) mass is 524 g/mol. The Morgan fingerprint density at radius 2 is 1.56 bits per heavy atom. The van der Waals surface area contributed by atoms with Crippen molar-refractivity contribution in [2.75, 3.05) is 19.8 Å². The van der Waals surface area contributed by atoms with Gasteiger partial charge in [-0.3, -0.25) is 4.79 Å². The second kappa shape index (κ2) is 12.4. The van der Waals surface area contributed by atoms with Crippen molar-refractivity contribution in [3.63, 3.8) is 0 Å². The number of amides is 1. The topological polar surface area (TPSA) is 77.4 Å². The van der Waals surface area contributed by atoms with E-state index in [9.17, 15) is 9.59 Å². The molecule has 1 fully saturated rings. The van der Waals surface area contributed by atoms with E-state index in [4.69, 9.17) is 19.3 Å². The first kappa shape index (κ1) is 26.2. The highest BCUT2D eigenvalue weighted by molar-refractivity contribution is 6.08. The van der Waals surface area contributed by atoms with Gasteiger partial charge in [0.05, 0.1) is 18.4 Å². The molecule has 2 atom stereocenters. The number of allylic oxidation sites excluding steroid dienone is 1. The van der Waals surface area contributed by atoms with Gasteiger partial charge in [0, 0.05) is 5.92 Å². The number of ether oxygens (including phenoxy) is 3. The highest BCUT2D eigenvalue weighted by atomic mass is 16.6. The number of rotatable bonds is 9. The van der Waals surface area contributed by atoms with Gasteiger partial charge in [-0.15, -0.1) is 0 Å². The van der Waals surface area contributed by atoms with Crippen LogP contribution in [-0.2, 0) is 14.3 Å². The third-order valence-corrected chi connectivity index (χ3v) is 6.89. The fraction of sp³-hybridized carbons (Fsp3) is 0.281. The first-order valence-electron chi connectivity index (χ1n) is 13.4. The highest BCUT2D eigenvalue weighted by Gasteiger charge is 2.43. The Labute approximate surface area is 228 Å². The summed E-state index contributed by atoms with van der Waals surface area (Å²) in [6.07, 6.45) is 5.02. The van der Waals surface area contributed by atoms with Gasteiger partial charge in [0.25, 0.3) is 5.91 Å². The number of hydrogen-bond acceptors (Lipinski definition) is 6. The average Bonchev–Trinajstić information content (AvgIpc) is 3.37. The van der Waals surface area contributed by atoms with Gasteiger partial charge < -0.3 is 14.2 Å². The highest BCUT2D eigenvalue weighted by Crippen LogP contribution is 2.44. The molecule has 1 aliphatic carbocycles. The SMILES string of the molecule is CCOc1ccccc1OCC(=O)OCC(=O)N1N=C2/C(=C\c3ccccc3)CCCC2C1c1ccccc1.